The molecule has 0 aromatic carbocycles. The van der Waals surface area contributed by atoms with Gasteiger partial charge >= 0.3 is 0 Å². The number of thiophene rings is 2. The molecule has 0 unspecified atom stereocenters. The van der Waals surface area contributed by atoms with Gasteiger partial charge in [-0.25, -0.2) is 9.59 Å². The summed E-state index contributed by atoms with van der Waals surface area (Å²) >= 11 is 2.84. The largest absolute Gasteiger partial charge is 0.241 e. The fraction of sp³-hybridized carbons (Fsp3) is 0. The molecule has 0 N–H and O–H groups in total. The van der Waals surface area contributed by atoms with Crippen molar-refractivity contribution in [2.24, 2.45) is 9.98 Å². The van der Waals surface area contributed by atoms with Crippen molar-refractivity contribution in [2.75, 3.05) is 0 Å². The predicted molar refractivity (Wildman–Crippen MR) is 64.2 cm³/mol. The molecule has 0 aliphatic carbocycles. The average molecular weight is 250 g/mol. The third-order valence-electron chi connectivity index (χ3n) is 1.31. The average Bonchev–Trinajstić information content (AvgIpc) is 2.92. The monoisotopic (exact) mass is 250 g/mol. The molecule has 16 heavy (non-hydrogen) atoms. The number of isocyanates is 2. The van der Waals surface area contributed by atoms with Crippen molar-refractivity contribution in [2.45, 2.75) is 0 Å². The summed E-state index contributed by atoms with van der Waals surface area (Å²) in [5.74, 6) is 0. The Bertz CT molecular complexity index is 457. The van der Waals surface area contributed by atoms with Crippen molar-refractivity contribution < 1.29 is 9.59 Å². The number of carbonyl (C=O) groups excluding carboxylic acids is 2. The van der Waals surface area contributed by atoms with Crippen molar-refractivity contribution >= 4 is 44.8 Å². The maximum Gasteiger partial charge on any atom is 0.241 e. The lowest BCUT2D eigenvalue weighted by Gasteiger charge is -1.73. The minimum absolute atomic E-state index is 0.481. The molecule has 0 atom stereocenters. The highest BCUT2D eigenvalue weighted by Gasteiger charge is 1.94. The Hall–Kier alpha value is -1.84. The molecule has 0 saturated heterocycles. The molecule has 0 spiro atoms. The number of rotatable bonds is 2. The summed E-state index contributed by atoms with van der Waals surface area (Å²) in [6.07, 6.45) is 2.77. The highest BCUT2D eigenvalue weighted by atomic mass is 32.1. The maximum atomic E-state index is 9.75. The van der Waals surface area contributed by atoms with E-state index in [1.165, 1.54) is 12.2 Å². The molecule has 2 heterocycles. The van der Waals surface area contributed by atoms with E-state index < -0.39 is 0 Å². The molecule has 2 rings (SSSR count). The molecule has 0 bridgehead atoms. The fourth-order valence-corrected chi connectivity index (χ4v) is 1.86. The highest BCUT2D eigenvalue weighted by molar-refractivity contribution is 7.19. The van der Waals surface area contributed by atoms with Gasteiger partial charge in [-0.3, -0.25) is 0 Å². The zero-order valence-corrected chi connectivity index (χ0v) is 9.62. The van der Waals surface area contributed by atoms with Crippen LogP contribution in [0.3, 0.4) is 0 Å². The molecule has 2 aromatic rings. The molecule has 2 aromatic heterocycles. The molecular weight excluding hydrogens is 244 g/mol. The van der Waals surface area contributed by atoms with Gasteiger partial charge in [0.1, 0.15) is 10.0 Å². The van der Waals surface area contributed by atoms with Crippen LogP contribution in [-0.2, 0) is 9.59 Å². The summed E-state index contributed by atoms with van der Waals surface area (Å²) in [4.78, 5) is 26.2. The molecule has 0 radical (unpaired) electrons. The molecule has 0 amide bonds. The van der Waals surface area contributed by atoms with E-state index in [-0.39, 0.29) is 0 Å². The lowest BCUT2D eigenvalue weighted by atomic mass is 10.6. The van der Waals surface area contributed by atoms with Gasteiger partial charge in [0.25, 0.3) is 0 Å². The first kappa shape index (κ1) is 12.2. The van der Waals surface area contributed by atoms with Gasteiger partial charge < -0.3 is 0 Å². The normalized spacial score (nSPS) is 8.00. The minimum atomic E-state index is 0.481. The van der Waals surface area contributed by atoms with E-state index >= 15 is 0 Å². The van der Waals surface area contributed by atoms with Crippen LogP contribution in [0.2, 0.25) is 0 Å². The molecule has 80 valence electrons. The summed E-state index contributed by atoms with van der Waals surface area (Å²) in [5.41, 5.74) is 0. The van der Waals surface area contributed by atoms with Crippen LogP contribution >= 0.6 is 22.7 Å². The van der Waals surface area contributed by atoms with Crippen LogP contribution in [0.15, 0.2) is 45.0 Å². The summed E-state index contributed by atoms with van der Waals surface area (Å²) in [5, 5.41) is 5.04. The lowest BCUT2D eigenvalue weighted by Crippen LogP contribution is -1.45. The van der Waals surface area contributed by atoms with Gasteiger partial charge in [-0.15, -0.1) is 0 Å². The zero-order valence-electron chi connectivity index (χ0n) is 7.99. The van der Waals surface area contributed by atoms with Gasteiger partial charge in [-0.1, -0.05) is 23.5 Å². The van der Waals surface area contributed by atoms with E-state index in [1.807, 2.05) is 22.9 Å². The Morgan fingerprint density at radius 3 is 1.75 bits per heavy atom. The molecular formula is C10H6N2O2S2. The predicted octanol–water partition coefficient (Wildman–Crippen LogP) is 3.43. The quantitative estimate of drug-likeness (QED) is 0.605. The zero-order chi connectivity index (χ0) is 11.6. The lowest BCUT2D eigenvalue weighted by molar-refractivity contribution is 0.564. The van der Waals surface area contributed by atoms with Crippen molar-refractivity contribution in [3.8, 4) is 0 Å². The Kier molecular flexibility index (Phi) is 5.70. The number of aliphatic imine (C=N–C) groups is 2. The first-order valence-corrected chi connectivity index (χ1v) is 5.85. The van der Waals surface area contributed by atoms with Gasteiger partial charge in [0.15, 0.2) is 0 Å². The summed E-state index contributed by atoms with van der Waals surface area (Å²) < 4.78 is 0. The van der Waals surface area contributed by atoms with Gasteiger partial charge in [-0.2, -0.15) is 21.3 Å². The first-order chi connectivity index (χ1) is 7.86. The highest BCUT2D eigenvalue weighted by Crippen LogP contribution is 2.30. The van der Waals surface area contributed by atoms with Gasteiger partial charge in [-0.05, 0) is 22.9 Å². The Balaban J connectivity index is 0.000000212. The van der Waals surface area contributed by atoms with E-state index in [2.05, 4.69) is 9.98 Å². The second-order valence-electron chi connectivity index (χ2n) is 2.31. The van der Waals surface area contributed by atoms with Crippen LogP contribution in [0, 0.1) is 0 Å². The molecule has 0 fully saturated rings. The Labute approximate surface area is 99.6 Å². The van der Waals surface area contributed by atoms with Crippen LogP contribution in [0.5, 0.6) is 0 Å². The SMILES string of the molecule is O=C=Nc1ccc(N=C=O)s1.c1ccsc1. The van der Waals surface area contributed by atoms with Crippen LogP contribution in [0.4, 0.5) is 10.0 Å². The second kappa shape index (κ2) is 7.45. The summed E-state index contributed by atoms with van der Waals surface area (Å²) in [7, 11) is 0. The third-order valence-corrected chi connectivity index (χ3v) is 2.82. The van der Waals surface area contributed by atoms with Crippen LogP contribution in [0.1, 0.15) is 0 Å². The summed E-state index contributed by atoms with van der Waals surface area (Å²) in [6.45, 7) is 0. The van der Waals surface area contributed by atoms with Crippen molar-refractivity contribution in [3.05, 3.63) is 35.0 Å². The van der Waals surface area contributed by atoms with Crippen molar-refractivity contribution in [1.29, 1.82) is 0 Å². The van der Waals surface area contributed by atoms with E-state index in [9.17, 15) is 9.59 Å². The first-order valence-electron chi connectivity index (χ1n) is 4.09. The second-order valence-corrected chi connectivity index (χ2v) is 4.17. The van der Waals surface area contributed by atoms with E-state index in [0.717, 1.165) is 11.3 Å². The van der Waals surface area contributed by atoms with Crippen LogP contribution in [0.25, 0.3) is 0 Å². The standard InChI is InChI=1S/C6H2N2O2S.C4H4S/c9-3-7-5-1-2-6(11-5)8-4-10;1-2-4-5-3-1/h1-2H;1-4H. The Morgan fingerprint density at radius 1 is 0.938 bits per heavy atom. The number of hydrogen-bond donors (Lipinski definition) is 0. The molecule has 4 nitrogen and oxygen atoms in total. The number of nitrogens with zero attached hydrogens (tertiary/aromatic N) is 2. The van der Waals surface area contributed by atoms with Crippen molar-refractivity contribution in [1.82, 2.24) is 0 Å². The molecule has 0 saturated carbocycles. The third kappa shape index (κ3) is 4.59. The van der Waals surface area contributed by atoms with Gasteiger partial charge in [0.05, 0.1) is 0 Å². The Morgan fingerprint density at radius 2 is 1.44 bits per heavy atom. The number of hydrogen-bond acceptors (Lipinski definition) is 6. The van der Waals surface area contributed by atoms with Crippen molar-refractivity contribution in [3.63, 3.8) is 0 Å². The van der Waals surface area contributed by atoms with Crippen LogP contribution in [-0.4, -0.2) is 12.2 Å². The van der Waals surface area contributed by atoms with E-state index in [1.54, 1.807) is 23.5 Å². The van der Waals surface area contributed by atoms with Crippen LogP contribution < -0.4 is 0 Å². The fourth-order valence-electron chi connectivity index (χ4n) is 0.755. The molecule has 6 heteroatoms. The van der Waals surface area contributed by atoms with E-state index in [0.29, 0.717) is 10.0 Å². The minimum Gasteiger partial charge on any atom is -0.211 e. The van der Waals surface area contributed by atoms with Gasteiger partial charge in [0.2, 0.25) is 12.2 Å². The maximum absolute atomic E-state index is 9.75. The topological polar surface area (TPSA) is 58.9 Å². The smallest absolute Gasteiger partial charge is 0.211 e. The van der Waals surface area contributed by atoms with Gasteiger partial charge in [0, 0.05) is 0 Å². The molecule has 0 aliphatic rings. The summed E-state index contributed by atoms with van der Waals surface area (Å²) in [6, 6.07) is 7.19. The van der Waals surface area contributed by atoms with E-state index in [4.69, 9.17) is 0 Å². The molecule has 0 aliphatic heterocycles.